The lowest BCUT2D eigenvalue weighted by Gasteiger charge is -2.09. The SMILES string of the molecule is ClCc1nc(Cl)cc(C2CCCC2)n1. The molecule has 0 bridgehead atoms. The topological polar surface area (TPSA) is 25.8 Å². The Bertz CT molecular complexity index is 322. The molecule has 1 saturated carbocycles. The Morgan fingerprint density at radius 3 is 2.64 bits per heavy atom. The largest absolute Gasteiger partial charge is 0.236 e. The van der Waals surface area contributed by atoms with Gasteiger partial charge in [0.15, 0.2) is 0 Å². The molecule has 14 heavy (non-hydrogen) atoms. The molecule has 0 unspecified atom stereocenters. The van der Waals surface area contributed by atoms with Crippen LogP contribution in [0, 0.1) is 0 Å². The lowest BCUT2D eigenvalue weighted by atomic mass is 10.0. The lowest BCUT2D eigenvalue weighted by Crippen LogP contribution is -2.01. The van der Waals surface area contributed by atoms with E-state index >= 15 is 0 Å². The Hall–Kier alpha value is -0.340. The number of nitrogens with zero attached hydrogens (tertiary/aromatic N) is 2. The van der Waals surface area contributed by atoms with Gasteiger partial charge in [0.25, 0.3) is 0 Å². The highest BCUT2D eigenvalue weighted by Crippen LogP contribution is 2.33. The smallest absolute Gasteiger partial charge is 0.145 e. The van der Waals surface area contributed by atoms with Crippen LogP contribution in [0.4, 0.5) is 0 Å². The number of hydrogen-bond donors (Lipinski definition) is 0. The van der Waals surface area contributed by atoms with Crippen molar-refractivity contribution in [3.8, 4) is 0 Å². The van der Waals surface area contributed by atoms with Crippen molar-refractivity contribution in [2.24, 2.45) is 0 Å². The first-order valence-electron chi connectivity index (χ1n) is 4.89. The number of alkyl halides is 1. The van der Waals surface area contributed by atoms with E-state index in [0.717, 1.165) is 5.69 Å². The molecule has 4 heteroatoms. The molecule has 1 aliphatic rings. The lowest BCUT2D eigenvalue weighted by molar-refractivity contribution is 0.688. The fourth-order valence-electron chi connectivity index (χ4n) is 1.97. The van der Waals surface area contributed by atoms with Crippen molar-refractivity contribution in [3.63, 3.8) is 0 Å². The predicted molar refractivity (Wildman–Crippen MR) is 57.8 cm³/mol. The van der Waals surface area contributed by atoms with Crippen molar-refractivity contribution in [1.82, 2.24) is 9.97 Å². The first-order valence-corrected chi connectivity index (χ1v) is 5.80. The second-order valence-electron chi connectivity index (χ2n) is 3.65. The summed E-state index contributed by atoms with van der Waals surface area (Å²) >= 11 is 11.6. The maximum Gasteiger partial charge on any atom is 0.145 e. The highest BCUT2D eigenvalue weighted by molar-refractivity contribution is 6.29. The third-order valence-corrected chi connectivity index (χ3v) is 3.09. The summed E-state index contributed by atoms with van der Waals surface area (Å²) in [6.07, 6.45) is 5.02. The minimum absolute atomic E-state index is 0.334. The average molecular weight is 231 g/mol. The van der Waals surface area contributed by atoms with E-state index in [4.69, 9.17) is 23.2 Å². The summed E-state index contributed by atoms with van der Waals surface area (Å²) in [6, 6.07) is 1.87. The molecule has 0 amide bonds. The number of hydrogen-bond acceptors (Lipinski definition) is 2. The molecule has 0 N–H and O–H groups in total. The van der Waals surface area contributed by atoms with Crippen molar-refractivity contribution in [2.75, 3.05) is 0 Å². The zero-order valence-corrected chi connectivity index (χ0v) is 9.35. The van der Waals surface area contributed by atoms with Crippen LogP contribution >= 0.6 is 23.2 Å². The van der Waals surface area contributed by atoms with Crippen molar-refractivity contribution in [1.29, 1.82) is 0 Å². The Morgan fingerprint density at radius 2 is 2.00 bits per heavy atom. The molecule has 1 heterocycles. The molecule has 1 aromatic rings. The summed E-state index contributed by atoms with van der Waals surface area (Å²) in [4.78, 5) is 8.45. The monoisotopic (exact) mass is 230 g/mol. The second-order valence-corrected chi connectivity index (χ2v) is 4.30. The highest BCUT2D eigenvalue weighted by atomic mass is 35.5. The van der Waals surface area contributed by atoms with E-state index in [1.54, 1.807) is 0 Å². The number of aromatic nitrogens is 2. The molecule has 76 valence electrons. The molecule has 0 atom stereocenters. The van der Waals surface area contributed by atoms with Crippen LogP contribution in [0.15, 0.2) is 6.07 Å². The highest BCUT2D eigenvalue weighted by Gasteiger charge is 2.19. The van der Waals surface area contributed by atoms with Gasteiger partial charge in [0.1, 0.15) is 11.0 Å². The van der Waals surface area contributed by atoms with Gasteiger partial charge in [0.2, 0.25) is 0 Å². The number of rotatable bonds is 2. The first kappa shape index (κ1) is 10.2. The molecular formula is C10H12Cl2N2. The van der Waals surface area contributed by atoms with Crippen LogP contribution in [0.2, 0.25) is 5.15 Å². The molecule has 2 rings (SSSR count). The predicted octanol–water partition coefficient (Wildman–Crippen LogP) is 3.53. The molecular weight excluding hydrogens is 219 g/mol. The van der Waals surface area contributed by atoms with Crippen LogP contribution in [-0.2, 0) is 5.88 Å². The van der Waals surface area contributed by atoms with E-state index in [-0.39, 0.29) is 0 Å². The third kappa shape index (κ3) is 2.18. The maximum atomic E-state index is 5.90. The molecule has 0 saturated heterocycles. The fourth-order valence-corrected chi connectivity index (χ4v) is 2.30. The Balaban J connectivity index is 2.27. The molecule has 0 spiro atoms. The van der Waals surface area contributed by atoms with Crippen molar-refractivity contribution < 1.29 is 0 Å². The summed E-state index contributed by atoms with van der Waals surface area (Å²) < 4.78 is 0. The van der Waals surface area contributed by atoms with Crippen LogP contribution in [0.5, 0.6) is 0 Å². The van der Waals surface area contributed by atoms with Gasteiger partial charge >= 0.3 is 0 Å². The molecule has 1 aliphatic carbocycles. The van der Waals surface area contributed by atoms with Crippen LogP contribution in [0.1, 0.15) is 43.1 Å². The van der Waals surface area contributed by atoms with Gasteiger partial charge in [-0.25, -0.2) is 9.97 Å². The van der Waals surface area contributed by atoms with Crippen LogP contribution in [0.3, 0.4) is 0 Å². The zero-order valence-electron chi connectivity index (χ0n) is 7.84. The van der Waals surface area contributed by atoms with Gasteiger partial charge in [0, 0.05) is 11.6 Å². The van der Waals surface area contributed by atoms with Crippen molar-refractivity contribution in [3.05, 3.63) is 22.7 Å². The summed E-state index contributed by atoms with van der Waals surface area (Å²) in [7, 11) is 0. The van der Waals surface area contributed by atoms with Gasteiger partial charge in [-0.1, -0.05) is 24.4 Å². The zero-order chi connectivity index (χ0) is 9.97. The molecule has 0 aromatic carbocycles. The van der Waals surface area contributed by atoms with Gasteiger partial charge in [-0.3, -0.25) is 0 Å². The molecule has 1 fully saturated rings. The van der Waals surface area contributed by atoms with Gasteiger partial charge in [-0.2, -0.15) is 0 Å². The van der Waals surface area contributed by atoms with E-state index in [9.17, 15) is 0 Å². The van der Waals surface area contributed by atoms with Crippen LogP contribution < -0.4 is 0 Å². The minimum Gasteiger partial charge on any atom is -0.236 e. The molecule has 0 aliphatic heterocycles. The van der Waals surface area contributed by atoms with E-state index < -0.39 is 0 Å². The summed E-state index contributed by atoms with van der Waals surface area (Å²) in [5.74, 6) is 1.54. The third-order valence-electron chi connectivity index (χ3n) is 2.65. The molecule has 0 radical (unpaired) electrons. The Labute approximate surface area is 93.7 Å². The van der Waals surface area contributed by atoms with Gasteiger partial charge < -0.3 is 0 Å². The fraction of sp³-hybridized carbons (Fsp3) is 0.600. The summed E-state index contributed by atoms with van der Waals surface area (Å²) in [6.45, 7) is 0. The van der Waals surface area contributed by atoms with E-state index in [1.807, 2.05) is 6.07 Å². The maximum absolute atomic E-state index is 5.90. The minimum atomic E-state index is 0.334. The van der Waals surface area contributed by atoms with Gasteiger partial charge in [-0.15, -0.1) is 11.6 Å². The Morgan fingerprint density at radius 1 is 1.29 bits per heavy atom. The van der Waals surface area contributed by atoms with E-state index in [0.29, 0.717) is 22.8 Å². The second kappa shape index (κ2) is 4.45. The molecule has 2 nitrogen and oxygen atoms in total. The van der Waals surface area contributed by atoms with Gasteiger partial charge in [-0.05, 0) is 18.9 Å². The standard InChI is InChI=1S/C10H12Cl2N2/c11-6-10-13-8(5-9(12)14-10)7-3-1-2-4-7/h5,7H,1-4,6H2. The van der Waals surface area contributed by atoms with E-state index in [2.05, 4.69) is 9.97 Å². The average Bonchev–Trinajstić information content (AvgIpc) is 2.69. The summed E-state index contributed by atoms with van der Waals surface area (Å²) in [5, 5.41) is 0.512. The summed E-state index contributed by atoms with van der Waals surface area (Å²) in [5.41, 5.74) is 1.07. The Kier molecular flexibility index (Phi) is 3.24. The van der Waals surface area contributed by atoms with Crippen molar-refractivity contribution in [2.45, 2.75) is 37.5 Å². The number of halogens is 2. The van der Waals surface area contributed by atoms with Crippen LogP contribution in [0.25, 0.3) is 0 Å². The normalized spacial score (nSPS) is 17.6. The first-order chi connectivity index (χ1) is 6.79. The van der Waals surface area contributed by atoms with Crippen molar-refractivity contribution >= 4 is 23.2 Å². The van der Waals surface area contributed by atoms with E-state index in [1.165, 1.54) is 25.7 Å². The quantitative estimate of drug-likeness (QED) is 0.574. The van der Waals surface area contributed by atoms with Crippen LogP contribution in [-0.4, -0.2) is 9.97 Å². The van der Waals surface area contributed by atoms with Gasteiger partial charge in [0.05, 0.1) is 5.88 Å². The molecule has 1 aromatic heterocycles.